The smallest absolute Gasteiger partial charge is 0.0409 e. The molecular weight excluding hydrogens is 250 g/mol. The van der Waals surface area contributed by atoms with Gasteiger partial charge in [-0.05, 0) is 36.8 Å². The lowest BCUT2D eigenvalue weighted by Crippen LogP contribution is -2.36. The first-order valence-corrected chi connectivity index (χ1v) is 7.76. The van der Waals surface area contributed by atoms with E-state index in [4.69, 9.17) is 11.6 Å². The van der Waals surface area contributed by atoms with Crippen LogP contribution in [0.4, 0.5) is 0 Å². The average molecular weight is 272 g/mol. The first-order chi connectivity index (χ1) is 8.15. The molecule has 1 rings (SSSR count). The maximum absolute atomic E-state index is 5.96. The molecule has 96 valence electrons. The number of hydrogen-bond acceptors (Lipinski definition) is 2. The molecule has 1 aromatic rings. The maximum atomic E-state index is 5.96. The van der Waals surface area contributed by atoms with Gasteiger partial charge in [0.2, 0.25) is 0 Å². The van der Waals surface area contributed by atoms with Crippen molar-refractivity contribution in [1.82, 2.24) is 5.32 Å². The highest BCUT2D eigenvalue weighted by molar-refractivity contribution is 8.00. The van der Waals surface area contributed by atoms with Gasteiger partial charge < -0.3 is 5.32 Å². The van der Waals surface area contributed by atoms with Gasteiger partial charge in [-0.1, -0.05) is 37.6 Å². The van der Waals surface area contributed by atoms with E-state index in [2.05, 4.69) is 31.5 Å². The Morgan fingerprint density at radius 3 is 2.53 bits per heavy atom. The van der Waals surface area contributed by atoms with Gasteiger partial charge in [0.25, 0.3) is 0 Å². The van der Waals surface area contributed by atoms with Crippen LogP contribution < -0.4 is 5.32 Å². The van der Waals surface area contributed by atoms with E-state index >= 15 is 0 Å². The molecule has 0 bridgehead atoms. The number of thioether (sulfide) groups is 1. The Labute approximate surface area is 114 Å². The van der Waals surface area contributed by atoms with Gasteiger partial charge in [-0.25, -0.2) is 0 Å². The second kappa shape index (κ2) is 7.30. The zero-order chi connectivity index (χ0) is 12.7. The van der Waals surface area contributed by atoms with E-state index in [9.17, 15) is 0 Å². The Bertz CT molecular complexity index is 328. The highest BCUT2D eigenvalue weighted by atomic mass is 35.5. The zero-order valence-corrected chi connectivity index (χ0v) is 12.5. The molecule has 0 aliphatic carbocycles. The first-order valence-electron chi connectivity index (χ1n) is 6.16. The van der Waals surface area contributed by atoms with Crippen molar-refractivity contribution >= 4 is 23.4 Å². The van der Waals surface area contributed by atoms with E-state index in [0.29, 0.717) is 4.75 Å². The number of nitrogens with one attached hydrogen (secondary N) is 1. The van der Waals surface area contributed by atoms with E-state index in [1.807, 2.05) is 30.0 Å². The molecule has 0 radical (unpaired) electrons. The number of hydrogen-bond donors (Lipinski definition) is 1. The van der Waals surface area contributed by atoms with E-state index in [0.717, 1.165) is 18.1 Å². The molecule has 0 amide bonds. The standard InChI is InChI=1S/C14H22ClNS/c1-4-14(5-2,17-3)11-16-10-12-7-6-8-13(15)9-12/h6-9,16H,4-5,10-11H2,1-3H3. The van der Waals surface area contributed by atoms with Crippen molar-refractivity contribution < 1.29 is 0 Å². The van der Waals surface area contributed by atoms with Gasteiger partial charge >= 0.3 is 0 Å². The van der Waals surface area contributed by atoms with Crippen LogP contribution in [0.5, 0.6) is 0 Å². The van der Waals surface area contributed by atoms with E-state index in [-0.39, 0.29) is 0 Å². The second-order valence-corrected chi connectivity index (χ2v) is 6.04. The minimum absolute atomic E-state index is 0.374. The number of rotatable bonds is 7. The third-order valence-electron chi connectivity index (χ3n) is 3.39. The summed E-state index contributed by atoms with van der Waals surface area (Å²) >= 11 is 7.93. The highest BCUT2D eigenvalue weighted by Crippen LogP contribution is 2.29. The topological polar surface area (TPSA) is 12.0 Å². The van der Waals surface area contributed by atoms with E-state index < -0.39 is 0 Å². The van der Waals surface area contributed by atoms with Crippen molar-refractivity contribution in [3.8, 4) is 0 Å². The molecule has 0 aromatic heterocycles. The first kappa shape index (κ1) is 14.9. The third-order valence-corrected chi connectivity index (χ3v) is 5.21. The van der Waals surface area contributed by atoms with Crippen LogP contribution in [-0.4, -0.2) is 17.5 Å². The van der Waals surface area contributed by atoms with Crippen LogP contribution in [0.15, 0.2) is 24.3 Å². The van der Waals surface area contributed by atoms with Crippen LogP contribution in [0.25, 0.3) is 0 Å². The summed E-state index contributed by atoms with van der Waals surface area (Å²) < 4.78 is 0.374. The molecule has 1 nitrogen and oxygen atoms in total. The number of benzene rings is 1. The lowest BCUT2D eigenvalue weighted by molar-refractivity contribution is 0.495. The van der Waals surface area contributed by atoms with Crippen LogP contribution in [0.3, 0.4) is 0 Å². The molecule has 0 spiro atoms. The molecule has 0 aliphatic rings. The molecule has 1 aromatic carbocycles. The molecule has 0 unspecified atom stereocenters. The van der Waals surface area contributed by atoms with Gasteiger partial charge in [-0.2, -0.15) is 11.8 Å². The van der Waals surface area contributed by atoms with Crippen LogP contribution in [0, 0.1) is 0 Å². The summed E-state index contributed by atoms with van der Waals surface area (Å²) in [6, 6.07) is 8.04. The fourth-order valence-electron chi connectivity index (χ4n) is 1.94. The molecule has 0 fully saturated rings. The van der Waals surface area contributed by atoms with Gasteiger partial charge in [0.05, 0.1) is 0 Å². The van der Waals surface area contributed by atoms with Crippen molar-refractivity contribution in [2.24, 2.45) is 0 Å². The average Bonchev–Trinajstić information content (AvgIpc) is 2.35. The van der Waals surface area contributed by atoms with Crippen LogP contribution in [-0.2, 0) is 6.54 Å². The highest BCUT2D eigenvalue weighted by Gasteiger charge is 2.23. The Balaban J connectivity index is 2.46. The molecule has 0 aliphatic heterocycles. The van der Waals surface area contributed by atoms with Crippen molar-refractivity contribution in [2.75, 3.05) is 12.8 Å². The molecule has 17 heavy (non-hydrogen) atoms. The molecule has 0 saturated heterocycles. The SMILES string of the molecule is CCC(CC)(CNCc1cccc(Cl)c1)SC. The van der Waals surface area contributed by atoms with Crippen LogP contribution in [0.1, 0.15) is 32.3 Å². The normalized spacial score (nSPS) is 11.8. The predicted molar refractivity (Wildman–Crippen MR) is 80.0 cm³/mol. The van der Waals surface area contributed by atoms with E-state index in [1.54, 1.807) is 0 Å². The van der Waals surface area contributed by atoms with E-state index in [1.165, 1.54) is 18.4 Å². The monoisotopic (exact) mass is 271 g/mol. The summed E-state index contributed by atoms with van der Waals surface area (Å²) in [5.74, 6) is 0. The summed E-state index contributed by atoms with van der Waals surface area (Å²) in [4.78, 5) is 0. The molecular formula is C14H22ClNS. The summed E-state index contributed by atoms with van der Waals surface area (Å²) in [5.41, 5.74) is 1.25. The molecule has 3 heteroatoms. The summed E-state index contributed by atoms with van der Waals surface area (Å²) in [7, 11) is 0. The van der Waals surface area contributed by atoms with Crippen molar-refractivity contribution in [2.45, 2.75) is 38.0 Å². The fraction of sp³-hybridized carbons (Fsp3) is 0.571. The molecule has 1 N–H and O–H groups in total. The lowest BCUT2D eigenvalue weighted by Gasteiger charge is -2.30. The summed E-state index contributed by atoms with van der Waals surface area (Å²) in [6.45, 7) is 6.47. The van der Waals surface area contributed by atoms with Crippen molar-refractivity contribution in [1.29, 1.82) is 0 Å². The third kappa shape index (κ3) is 4.53. The lowest BCUT2D eigenvalue weighted by atomic mass is 10.0. The Hall–Kier alpha value is -0.180. The van der Waals surface area contributed by atoms with Crippen LogP contribution in [0.2, 0.25) is 5.02 Å². The fourth-order valence-corrected chi connectivity index (χ4v) is 2.98. The summed E-state index contributed by atoms with van der Waals surface area (Å²) in [5, 5.41) is 4.35. The zero-order valence-electron chi connectivity index (χ0n) is 10.9. The number of halogens is 1. The summed E-state index contributed by atoms with van der Waals surface area (Å²) in [6.07, 6.45) is 4.61. The molecule has 0 saturated carbocycles. The largest absolute Gasteiger partial charge is 0.311 e. The molecule has 0 atom stereocenters. The second-order valence-electron chi connectivity index (χ2n) is 4.33. The minimum Gasteiger partial charge on any atom is -0.311 e. The Morgan fingerprint density at radius 2 is 2.00 bits per heavy atom. The van der Waals surface area contributed by atoms with Gasteiger partial charge in [-0.3, -0.25) is 0 Å². The Morgan fingerprint density at radius 1 is 1.29 bits per heavy atom. The van der Waals surface area contributed by atoms with Gasteiger partial charge in [0.15, 0.2) is 0 Å². The molecule has 0 heterocycles. The van der Waals surface area contributed by atoms with Crippen molar-refractivity contribution in [3.05, 3.63) is 34.9 Å². The maximum Gasteiger partial charge on any atom is 0.0409 e. The van der Waals surface area contributed by atoms with Crippen LogP contribution >= 0.6 is 23.4 Å². The van der Waals surface area contributed by atoms with Gasteiger partial charge in [-0.15, -0.1) is 0 Å². The Kier molecular flexibility index (Phi) is 6.39. The predicted octanol–water partition coefficient (Wildman–Crippen LogP) is 4.35. The van der Waals surface area contributed by atoms with Crippen molar-refractivity contribution in [3.63, 3.8) is 0 Å². The quantitative estimate of drug-likeness (QED) is 0.791. The van der Waals surface area contributed by atoms with Gasteiger partial charge in [0, 0.05) is 22.9 Å². The van der Waals surface area contributed by atoms with Gasteiger partial charge in [0.1, 0.15) is 0 Å². The minimum atomic E-state index is 0.374.